The molecule has 0 spiro atoms. The molecular formula is C26H30FN5O5. The molecule has 2 fully saturated rings. The number of halogens is 1. The third-order valence-corrected chi connectivity index (χ3v) is 6.19. The number of rotatable bonds is 7. The van der Waals surface area contributed by atoms with E-state index < -0.39 is 24.8 Å². The molecular weight excluding hydrogens is 481 g/mol. The van der Waals surface area contributed by atoms with Crippen molar-refractivity contribution < 1.29 is 28.2 Å². The van der Waals surface area contributed by atoms with Gasteiger partial charge in [0.2, 0.25) is 24.1 Å². The maximum absolute atomic E-state index is 14.4. The molecule has 1 saturated heterocycles. The Balaban J connectivity index is 0.000000295. The van der Waals surface area contributed by atoms with E-state index in [4.69, 9.17) is 14.3 Å². The number of nitrogens with zero attached hydrogens (tertiary/aromatic N) is 4. The molecule has 2 atom stereocenters. The number of carbonyl (C=O) groups is 2. The summed E-state index contributed by atoms with van der Waals surface area (Å²) in [7, 11) is 0. The van der Waals surface area contributed by atoms with Crippen LogP contribution in [0, 0.1) is 13.8 Å². The van der Waals surface area contributed by atoms with Gasteiger partial charge in [0, 0.05) is 32.0 Å². The number of likely N-dealkylation sites (tertiary alicyclic amines) is 1. The standard InChI is InChI=1S/C20H22FN3O4.C6H8N2O/c1-13-8-14(15-4-6-22-19(9-15)23-12-26)2-3-17(13)28-18-5-7-24(10-16(18)21)20(27)11-25;1-4-7-8-6(9-4)5-2-3-5/h2-4,6,8-9,12,16,18,25H,5,7,10-11H2,1H3,(H,22,23,26);5H,2-3H2,1H3. The van der Waals surface area contributed by atoms with Crippen molar-refractivity contribution in [2.75, 3.05) is 25.0 Å². The zero-order valence-corrected chi connectivity index (χ0v) is 20.8. The molecule has 0 bridgehead atoms. The van der Waals surface area contributed by atoms with Crippen molar-refractivity contribution in [1.29, 1.82) is 0 Å². The molecule has 3 aromatic rings. The second-order valence-corrected chi connectivity index (χ2v) is 9.06. The molecule has 5 rings (SSSR count). The molecule has 2 aliphatic rings. The van der Waals surface area contributed by atoms with Gasteiger partial charge in [-0.1, -0.05) is 6.07 Å². The van der Waals surface area contributed by atoms with Crippen molar-refractivity contribution >= 4 is 18.1 Å². The van der Waals surface area contributed by atoms with Gasteiger partial charge in [-0.05, 0) is 60.7 Å². The van der Waals surface area contributed by atoms with Gasteiger partial charge in [0.05, 0.1) is 6.54 Å². The SMILES string of the molecule is Cc1cc(-c2ccnc(NC=O)c2)ccc1OC1CCN(C(=O)CO)CC1F.Cc1nnc(C2CC2)o1. The van der Waals surface area contributed by atoms with Gasteiger partial charge in [-0.25, -0.2) is 9.37 Å². The number of aliphatic hydroxyl groups is 1. The lowest BCUT2D eigenvalue weighted by Gasteiger charge is -2.34. The van der Waals surface area contributed by atoms with E-state index in [-0.39, 0.29) is 6.54 Å². The first kappa shape index (κ1) is 26.2. The molecule has 1 aromatic carbocycles. The van der Waals surface area contributed by atoms with Crippen LogP contribution in [-0.2, 0) is 9.59 Å². The third kappa shape index (κ3) is 6.88. The summed E-state index contributed by atoms with van der Waals surface area (Å²) in [6.07, 6.45) is 3.02. The fraction of sp³-hybridized carbons (Fsp3) is 0.423. The summed E-state index contributed by atoms with van der Waals surface area (Å²) in [6, 6.07) is 9.16. The molecule has 1 saturated carbocycles. The van der Waals surface area contributed by atoms with Crippen LogP contribution in [0.2, 0.25) is 0 Å². The molecule has 11 heteroatoms. The minimum absolute atomic E-state index is 0.0787. The summed E-state index contributed by atoms with van der Waals surface area (Å²) in [6.45, 7) is 3.36. The Bertz CT molecular complexity index is 1230. The van der Waals surface area contributed by atoms with E-state index in [1.807, 2.05) is 32.0 Å². The molecule has 0 radical (unpaired) electrons. The zero-order chi connectivity index (χ0) is 26.4. The van der Waals surface area contributed by atoms with Crippen LogP contribution in [0.3, 0.4) is 0 Å². The van der Waals surface area contributed by atoms with Crippen molar-refractivity contribution in [2.24, 2.45) is 0 Å². The van der Waals surface area contributed by atoms with Crippen molar-refractivity contribution in [3.63, 3.8) is 0 Å². The molecule has 10 nitrogen and oxygen atoms in total. The summed E-state index contributed by atoms with van der Waals surface area (Å²) in [5.74, 6) is 2.66. The van der Waals surface area contributed by atoms with E-state index >= 15 is 0 Å². The number of nitrogens with one attached hydrogen (secondary N) is 1. The number of aryl methyl sites for hydroxylation is 2. The van der Waals surface area contributed by atoms with Crippen molar-refractivity contribution in [3.8, 4) is 16.9 Å². The fourth-order valence-corrected chi connectivity index (χ4v) is 4.02. The molecule has 2 unspecified atom stereocenters. The molecule has 1 aliphatic heterocycles. The lowest BCUT2D eigenvalue weighted by Crippen LogP contribution is -2.50. The average molecular weight is 512 g/mol. The number of pyridine rings is 1. The number of aromatic nitrogens is 3. The summed E-state index contributed by atoms with van der Waals surface area (Å²) >= 11 is 0. The highest BCUT2D eigenvalue weighted by atomic mass is 19.1. The predicted molar refractivity (Wildman–Crippen MR) is 133 cm³/mol. The van der Waals surface area contributed by atoms with Gasteiger partial charge >= 0.3 is 0 Å². The van der Waals surface area contributed by atoms with Gasteiger partial charge < -0.3 is 24.5 Å². The lowest BCUT2D eigenvalue weighted by molar-refractivity contribution is -0.138. The van der Waals surface area contributed by atoms with Crippen LogP contribution in [0.15, 0.2) is 40.9 Å². The van der Waals surface area contributed by atoms with Crippen molar-refractivity contribution in [3.05, 3.63) is 53.9 Å². The monoisotopic (exact) mass is 511 g/mol. The van der Waals surface area contributed by atoms with Gasteiger partial charge in [0.1, 0.15) is 24.3 Å². The Morgan fingerprint density at radius 1 is 1.22 bits per heavy atom. The molecule has 2 amide bonds. The van der Waals surface area contributed by atoms with E-state index in [1.165, 1.54) is 17.7 Å². The number of anilines is 1. The fourth-order valence-electron chi connectivity index (χ4n) is 4.02. The van der Waals surface area contributed by atoms with Gasteiger partial charge in [-0.2, -0.15) is 0 Å². The third-order valence-electron chi connectivity index (χ3n) is 6.19. The van der Waals surface area contributed by atoms with Crippen LogP contribution >= 0.6 is 0 Å². The van der Waals surface area contributed by atoms with Gasteiger partial charge in [-0.15, -0.1) is 10.2 Å². The van der Waals surface area contributed by atoms with E-state index in [9.17, 15) is 14.0 Å². The van der Waals surface area contributed by atoms with Crippen LogP contribution in [0.25, 0.3) is 11.1 Å². The first-order valence-corrected chi connectivity index (χ1v) is 12.1. The number of carbonyl (C=O) groups excluding carboxylic acids is 2. The summed E-state index contributed by atoms with van der Waals surface area (Å²) in [5.41, 5.74) is 2.65. The predicted octanol–water partition coefficient (Wildman–Crippen LogP) is 3.19. The minimum Gasteiger partial charge on any atom is -0.487 e. The number of benzene rings is 1. The highest BCUT2D eigenvalue weighted by Crippen LogP contribution is 2.38. The maximum atomic E-state index is 14.4. The zero-order valence-electron chi connectivity index (χ0n) is 20.8. The second-order valence-electron chi connectivity index (χ2n) is 9.06. The molecule has 2 N–H and O–H groups in total. The Hall–Kier alpha value is -3.86. The average Bonchev–Trinajstić information content (AvgIpc) is 3.66. The minimum atomic E-state index is -1.32. The van der Waals surface area contributed by atoms with Crippen LogP contribution in [0.1, 0.15) is 42.5 Å². The van der Waals surface area contributed by atoms with Gasteiger partial charge in [0.15, 0.2) is 6.17 Å². The lowest BCUT2D eigenvalue weighted by atomic mass is 10.0. The molecule has 196 valence electrons. The van der Waals surface area contributed by atoms with Crippen LogP contribution < -0.4 is 10.1 Å². The first-order chi connectivity index (χ1) is 17.9. The smallest absolute Gasteiger partial charge is 0.248 e. The highest BCUT2D eigenvalue weighted by Gasteiger charge is 2.33. The van der Waals surface area contributed by atoms with Crippen LogP contribution in [-0.4, -0.2) is 69.5 Å². The van der Waals surface area contributed by atoms with E-state index in [0.717, 1.165) is 22.6 Å². The quantitative estimate of drug-likeness (QED) is 0.463. The number of alkyl halides is 1. The highest BCUT2D eigenvalue weighted by molar-refractivity contribution is 5.77. The second kappa shape index (κ2) is 11.9. The summed E-state index contributed by atoms with van der Waals surface area (Å²) < 4.78 is 25.5. The molecule has 37 heavy (non-hydrogen) atoms. The largest absolute Gasteiger partial charge is 0.487 e. The van der Waals surface area contributed by atoms with Crippen molar-refractivity contribution in [1.82, 2.24) is 20.1 Å². The van der Waals surface area contributed by atoms with Crippen LogP contribution in [0.5, 0.6) is 5.75 Å². The Morgan fingerprint density at radius 2 is 2.00 bits per heavy atom. The first-order valence-electron chi connectivity index (χ1n) is 12.1. The molecule has 2 aromatic heterocycles. The van der Waals surface area contributed by atoms with Crippen molar-refractivity contribution in [2.45, 2.75) is 51.3 Å². The van der Waals surface area contributed by atoms with Crippen LogP contribution in [0.4, 0.5) is 10.2 Å². The van der Waals surface area contributed by atoms with Gasteiger partial charge in [-0.3, -0.25) is 9.59 Å². The number of hydrogen-bond donors (Lipinski definition) is 2. The normalized spacial score (nSPS) is 19.0. The van der Waals surface area contributed by atoms with E-state index in [0.29, 0.717) is 42.8 Å². The summed E-state index contributed by atoms with van der Waals surface area (Å²) in [4.78, 5) is 27.5. The number of aliphatic hydroxyl groups excluding tert-OH is 1. The molecule has 1 aliphatic carbocycles. The Morgan fingerprint density at radius 3 is 2.62 bits per heavy atom. The molecule has 3 heterocycles. The number of amides is 2. The van der Waals surface area contributed by atoms with Gasteiger partial charge in [0.25, 0.3) is 0 Å². The summed E-state index contributed by atoms with van der Waals surface area (Å²) in [5, 5.41) is 19.0. The number of ether oxygens (including phenoxy) is 1. The Labute approximate surface area is 213 Å². The Kier molecular flexibility index (Phi) is 8.44. The van der Waals surface area contributed by atoms with E-state index in [1.54, 1.807) is 18.3 Å². The maximum Gasteiger partial charge on any atom is 0.248 e. The topological polar surface area (TPSA) is 131 Å². The number of piperidine rings is 1. The number of hydrogen-bond acceptors (Lipinski definition) is 8. The van der Waals surface area contributed by atoms with E-state index in [2.05, 4.69) is 20.5 Å².